The lowest BCUT2D eigenvalue weighted by molar-refractivity contribution is 0.158. The second-order valence-corrected chi connectivity index (χ2v) is 6.40. The van der Waals surface area contributed by atoms with Crippen molar-refractivity contribution in [3.8, 4) is 0 Å². The van der Waals surface area contributed by atoms with E-state index >= 15 is 0 Å². The summed E-state index contributed by atoms with van der Waals surface area (Å²) in [7, 11) is 0. The molecule has 1 unspecified atom stereocenters. The Morgan fingerprint density at radius 1 is 1.00 bits per heavy atom. The van der Waals surface area contributed by atoms with E-state index in [9.17, 15) is 0 Å². The van der Waals surface area contributed by atoms with Crippen molar-refractivity contribution in [2.45, 2.75) is 77.3 Å². The van der Waals surface area contributed by atoms with Crippen molar-refractivity contribution in [2.24, 2.45) is 5.92 Å². The fraction of sp³-hybridized carbons (Fsp3) is 1.00. The first-order valence-electron chi connectivity index (χ1n) is 8.30. The highest BCUT2D eigenvalue weighted by Crippen LogP contribution is 2.31. The zero-order valence-electron chi connectivity index (χ0n) is 12.5. The Morgan fingerprint density at radius 2 is 1.78 bits per heavy atom. The largest absolute Gasteiger partial charge is 0.313 e. The molecule has 2 heteroatoms. The molecule has 1 saturated heterocycles. The van der Waals surface area contributed by atoms with Crippen LogP contribution in [0.25, 0.3) is 0 Å². The molecule has 2 fully saturated rings. The van der Waals surface area contributed by atoms with Crippen LogP contribution in [0.3, 0.4) is 0 Å². The van der Waals surface area contributed by atoms with Crippen molar-refractivity contribution in [3.63, 3.8) is 0 Å². The van der Waals surface area contributed by atoms with Gasteiger partial charge in [-0.05, 0) is 51.0 Å². The zero-order valence-corrected chi connectivity index (χ0v) is 12.5. The molecule has 0 radical (unpaired) electrons. The summed E-state index contributed by atoms with van der Waals surface area (Å²) in [4.78, 5) is 2.77. The van der Waals surface area contributed by atoms with Crippen LogP contribution in [0.2, 0.25) is 0 Å². The first-order chi connectivity index (χ1) is 8.83. The molecule has 1 N–H and O–H groups in total. The maximum Gasteiger partial charge on any atom is 0.0207 e. The Hall–Kier alpha value is -0.0800. The third kappa shape index (κ3) is 3.96. The molecule has 0 spiro atoms. The molecular weight excluding hydrogens is 220 g/mol. The SMILES string of the molecule is CCCNC1CCN(C2CCC(CCC)CC2)C1. The maximum atomic E-state index is 3.69. The van der Waals surface area contributed by atoms with Crippen molar-refractivity contribution in [1.29, 1.82) is 0 Å². The van der Waals surface area contributed by atoms with Gasteiger partial charge in [-0.1, -0.05) is 26.7 Å². The van der Waals surface area contributed by atoms with Gasteiger partial charge in [0.2, 0.25) is 0 Å². The summed E-state index contributed by atoms with van der Waals surface area (Å²) in [6.07, 6.45) is 11.4. The molecule has 1 atom stereocenters. The number of nitrogens with zero attached hydrogens (tertiary/aromatic N) is 1. The Labute approximate surface area is 114 Å². The molecule has 0 aromatic carbocycles. The molecule has 106 valence electrons. The van der Waals surface area contributed by atoms with Gasteiger partial charge in [-0.15, -0.1) is 0 Å². The smallest absolute Gasteiger partial charge is 0.0207 e. The van der Waals surface area contributed by atoms with Crippen LogP contribution in [-0.4, -0.2) is 36.6 Å². The fourth-order valence-corrected chi connectivity index (χ4v) is 3.84. The molecule has 2 nitrogen and oxygen atoms in total. The molecule has 1 heterocycles. The third-order valence-electron chi connectivity index (χ3n) is 4.93. The van der Waals surface area contributed by atoms with Gasteiger partial charge in [0.25, 0.3) is 0 Å². The molecular formula is C16H32N2. The Kier molecular flexibility index (Phi) is 5.97. The number of hydrogen-bond acceptors (Lipinski definition) is 2. The summed E-state index contributed by atoms with van der Waals surface area (Å²) in [5, 5.41) is 3.69. The minimum Gasteiger partial charge on any atom is -0.313 e. The molecule has 18 heavy (non-hydrogen) atoms. The van der Waals surface area contributed by atoms with E-state index in [1.165, 1.54) is 71.0 Å². The fourth-order valence-electron chi connectivity index (χ4n) is 3.84. The Morgan fingerprint density at radius 3 is 2.44 bits per heavy atom. The molecule has 0 amide bonds. The lowest BCUT2D eigenvalue weighted by Crippen LogP contribution is -2.39. The zero-order chi connectivity index (χ0) is 12.8. The quantitative estimate of drug-likeness (QED) is 0.779. The second-order valence-electron chi connectivity index (χ2n) is 6.40. The van der Waals surface area contributed by atoms with Crippen LogP contribution in [-0.2, 0) is 0 Å². The molecule has 2 rings (SSSR count). The molecule has 1 saturated carbocycles. The third-order valence-corrected chi connectivity index (χ3v) is 4.93. The predicted molar refractivity (Wildman–Crippen MR) is 78.9 cm³/mol. The Balaban J connectivity index is 1.68. The van der Waals surface area contributed by atoms with Crippen LogP contribution in [0.1, 0.15) is 65.2 Å². The van der Waals surface area contributed by atoms with Crippen LogP contribution >= 0.6 is 0 Å². The molecule has 0 aromatic rings. The number of hydrogen-bond donors (Lipinski definition) is 1. The summed E-state index contributed by atoms with van der Waals surface area (Å²) in [6.45, 7) is 8.43. The average Bonchev–Trinajstić information content (AvgIpc) is 2.86. The van der Waals surface area contributed by atoms with Crippen LogP contribution in [0.5, 0.6) is 0 Å². The van der Waals surface area contributed by atoms with Gasteiger partial charge in [0.05, 0.1) is 0 Å². The molecule has 0 bridgehead atoms. The summed E-state index contributed by atoms with van der Waals surface area (Å²) in [5.74, 6) is 1.04. The minimum absolute atomic E-state index is 0.776. The van der Waals surface area contributed by atoms with Gasteiger partial charge in [0.15, 0.2) is 0 Å². The van der Waals surface area contributed by atoms with Gasteiger partial charge < -0.3 is 5.32 Å². The van der Waals surface area contributed by atoms with Gasteiger partial charge in [0, 0.05) is 25.2 Å². The normalized spacial score (nSPS) is 34.0. The van der Waals surface area contributed by atoms with Gasteiger partial charge in [0.1, 0.15) is 0 Å². The predicted octanol–water partition coefficient (Wildman–Crippen LogP) is 3.42. The van der Waals surface area contributed by atoms with Crippen LogP contribution in [0.15, 0.2) is 0 Å². The van der Waals surface area contributed by atoms with Crippen molar-refractivity contribution >= 4 is 0 Å². The van der Waals surface area contributed by atoms with Crippen LogP contribution < -0.4 is 5.32 Å². The van der Waals surface area contributed by atoms with E-state index in [0.717, 1.165) is 18.0 Å². The Bertz CT molecular complexity index is 221. The van der Waals surface area contributed by atoms with E-state index in [4.69, 9.17) is 0 Å². The highest BCUT2D eigenvalue weighted by molar-refractivity contribution is 4.87. The highest BCUT2D eigenvalue weighted by atomic mass is 15.2. The van der Waals surface area contributed by atoms with E-state index < -0.39 is 0 Å². The van der Waals surface area contributed by atoms with Crippen molar-refractivity contribution in [3.05, 3.63) is 0 Å². The minimum atomic E-state index is 0.776. The number of nitrogens with one attached hydrogen (secondary N) is 1. The second kappa shape index (κ2) is 7.49. The van der Waals surface area contributed by atoms with Crippen molar-refractivity contribution in [2.75, 3.05) is 19.6 Å². The lowest BCUT2D eigenvalue weighted by atomic mass is 9.83. The van der Waals surface area contributed by atoms with Gasteiger partial charge in [-0.25, -0.2) is 0 Å². The summed E-state index contributed by atoms with van der Waals surface area (Å²) < 4.78 is 0. The lowest BCUT2D eigenvalue weighted by Gasteiger charge is -2.34. The highest BCUT2D eigenvalue weighted by Gasteiger charge is 2.30. The molecule has 1 aliphatic carbocycles. The summed E-state index contributed by atoms with van der Waals surface area (Å²) >= 11 is 0. The topological polar surface area (TPSA) is 15.3 Å². The van der Waals surface area contributed by atoms with Gasteiger partial charge in [-0.3, -0.25) is 4.90 Å². The summed E-state index contributed by atoms with van der Waals surface area (Å²) in [5.41, 5.74) is 0. The van der Waals surface area contributed by atoms with Crippen molar-refractivity contribution in [1.82, 2.24) is 10.2 Å². The van der Waals surface area contributed by atoms with Crippen molar-refractivity contribution < 1.29 is 0 Å². The number of likely N-dealkylation sites (tertiary alicyclic amines) is 1. The molecule has 1 aliphatic heterocycles. The molecule has 2 aliphatic rings. The number of rotatable bonds is 6. The summed E-state index contributed by atoms with van der Waals surface area (Å²) in [6, 6.07) is 1.69. The van der Waals surface area contributed by atoms with E-state index in [2.05, 4.69) is 24.1 Å². The van der Waals surface area contributed by atoms with E-state index in [1.807, 2.05) is 0 Å². The van der Waals surface area contributed by atoms with Gasteiger partial charge >= 0.3 is 0 Å². The van der Waals surface area contributed by atoms with Crippen LogP contribution in [0, 0.1) is 5.92 Å². The van der Waals surface area contributed by atoms with E-state index in [1.54, 1.807) is 0 Å². The standard InChI is InChI=1S/C16H32N2/c1-3-5-14-6-8-16(9-7-14)18-12-10-15(13-18)17-11-4-2/h14-17H,3-13H2,1-2H3. The van der Waals surface area contributed by atoms with E-state index in [0.29, 0.717) is 0 Å². The van der Waals surface area contributed by atoms with E-state index in [-0.39, 0.29) is 0 Å². The monoisotopic (exact) mass is 252 g/mol. The first-order valence-corrected chi connectivity index (χ1v) is 8.30. The maximum absolute atomic E-state index is 3.69. The molecule has 0 aromatic heterocycles. The van der Waals surface area contributed by atoms with Crippen LogP contribution in [0.4, 0.5) is 0 Å². The van der Waals surface area contributed by atoms with Gasteiger partial charge in [-0.2, -0.15) is 0 Å². The average molecular weight is 252 g/mol. The first kappa shape index (κ1) is 14.3.